The van der Waals surface area contributed by atoms with E-state index >= 15 is 8.78 Å². The van der Waals surface area contributed by atoms with Crippen molar-refractivity contribution in [3.8, 4) is 11.8 Å². The number of hydrogen-bond acceptors (Lipinski definition) is 11. The number of hydrogen-bond donors (Lipinski definition) is 4. The number of carbonyl (C=O) groups excluding carboxylic acids is 4. The van der Waals surface area contributed by atoms with Crippen LogP contribution in [-0.4, -0.2) is 95.4 Å². The number of nitrogens with zero attached hydrogens (tertiary/aromatic N) is 5. The van der Waals surface area contributed by atoms with Crippen molar-refractivity contribution in [2.24, 2.45) is 0 Å². The molecular weight excluding hydrogens is 790 g/mol. The van der Waals surface area contributed by atoms with Gasteiger partial charge in [0, 0.05) is 67.8 Å². The number of amides is 4. The van der Waals surface area contributed by atoms with Crippen molar-refractivity contribution in [2.45, 2.75) is 82.5 Å². The molecule has 0 spiro atoms. The molecule has 0 saturated carbocycles. The van der Waals surface area contributed by atoms with Crippen molar-refractivity contribution in [2.75, 3.05) is 53.2 Å². The molecule has 3 aromatic rings. The average Bonchev–Trinajstić information content (AvgIpc) is 3.32. The molecule has 3 aliphatic rings. The fraction of sp³-hybridized carbons (Fsp3) is 0.439. The maximum absolute atomic E-state index is 15.2. The lowest BCUT2D eigenvalue weighted by Crippen LogP contribution is -2.58. The summed E-state index contributed by atoms with van der Waals surface area (Å²) in [7, 11) is 0. The Kier molecular flexibility index (Phi) is 12.6. The Balaban J connectivity index is 1.05. The highest BCUT2D eigenvalue weighted by Gasteiger charge is 2.51. The van der Waals surface area contributed by atoms with E-state index in [0.717, 1.165) is 6.92 Å². The summed E-state index contributed by atoms with van der Waals surface area (Å²) in [4.78, 5) is 57.9. The molecule has 3 N–H and O–H groups in total. The summed E-state index contributed by atoms with van der Waals surface area (Å²) in [5.74, 6) is -4.43. The molecule has 13 nitrogen and oxygen atoms in total. The number of nitriles is 1. The lowest BCUT2D eigenvalue weighted by molar-refractivity contribution is -0.133. The summed E-state index contributed by atoms with van der Waals surface area (Å²) in [5.41, 5.74) is -0.132. The van der Waals surface area contributed by atoms with Crippen LogP contribution >= 0.6 is 24.2 Å². The second-order valence-corrected chi connectivity index (χ2v) is 16.4. The van der Waals surface area contributed by atoms with Crippen molar-refractivity contribution in [3.63, 3.8) is 0 Å². The Morgan fingerprint density at radius 3 is 2.40 bits per heavy atom. The molecule has 3 aliphatic heterocycles. The van der Waals surface area contributed by atoms with E-state index in [9.17, 15) is 24.4 Å². The van der Waals surface area contributed by atoms with Gasteiger partial charge in [-0.15, -0.1) is 12.6 Å². The zero-order valence-electron chi connectivity index (χ0n) is 32.9. The summed E-state index contributed by atoms with van der Waals surface area (Å²) < 4.78 is 36.4. The topological polar surface area (TPSA) is 150 Å². The van der Waals surface area contributed by atoms with E-state index in [4.69, 9.17) is 29.0 Å². The number of nitrogens with one attached hydrogen (secondary N) is 3. The summed E-state index contributed by atoms with van der Waals surface area (Å²) >= 11 is 11.0. The van der Waals surface area contributed by atoms with Crippen LogP contribution in [0.1, 0.15) is 58.6 Å². The number of halogens is 3. The Morgan fingerprint density at radius 2 is 1.74 bits per heavy atom. The molecule has 3 fully saturated rings. The molecule has 17 heteroatoms. The second-order valence-electron chi connectivity index (χ2n) is 15.6. The largest absolute Gasteiger partial charge is 0.492 e. The van der Waals surface area contributed by atoms with Crippen molar-refractivity contribution >= 4 is 70.6 Å². The predicted octanol–water partition coefficient (Wildman–Crippen LogP) is 5.80. The molecule has 3 aromatic carbocycles. The van der Waals surface area contributed by atoms with Gasteiger partial charge in [0.25, 0.3) is 11.8 Å². The highest BCUT2D eigenvalue weighted by molar-refractivity contribution is 7.81. The van der Waals surface area contributed by atoms with E-state index < -0.39 is 23.0 Å². The van der Waals surface area contributed by atoms with Crippen molar-refractivity contribution < 1.29 is 32.7 Å². The fourth-order valence-electron chi connectivity index (χ4n) is 7.83. The second kappa shape index (κ2) is 17.1. The first-order chi connectivity index (χ1) is 27.4. The van der Waals surface area contributed by atoms with Crippen molar-refractivity contribution in [3.05, 3.63) is 76.8 Å². The van der Waals surface area contributed by atoms with Gasteiger partial charge in [0.15, 0.2) is 5.50 Å². The molecule has 4 amide bonds. The van der Waals surface area contributed by atoms with Gasteiger partial charge < -0.3 is 20.3 Å². The lowest BCUT2D eigenvalue weighted by atomic mass is 10.0. The zero-order valence-corrected chi connectivity index (χ0v) is 34.5. The first-order valence-corrected chi connectivity index (χ1v) is 19.9. The molecule has 2 unspecified atom stereocenters. The van der Waals surface area contributed by atoms with Gasteiger partial charge in [-0.1, -0.05) is 17.7 Å². The maximum Gasteiger partial charge on any atom is 0.274 e. The van der Waals surface area contributed by atoms with E-state index in [1.54, 1.807) is 55.1 Å². The summed E-state index contributed by atoms with van der Waals surface area (Å²) in [6.45, 7) is 10.3. The van der Waals surface area contributed by atoms with Crippen LogP contribution in [0.2, 0.25) is 5.02 Å². The molecule has 308 valence electrons. The van der Waals surface area contributed by atoms with Crippen LogP contribution in [0, 0.1) is 11.3 Å². The highest BCUT2D eigenvalue weighted by atomic mass is 35.5. The number of anilines is 4. The molecule has 0 bridgehead atoms. The van der Waals surface area contributed by atoms with Crippen molar-refractivity contribution in [1.82, 2.24) is 15.1 Å². The van der Waals surface area contributed by atoms with Crippen LogP contribution < -0.4 is 30.5 Å². The van der Waals surface area contributed by atoms with Crippen LogP contribution in [0.15, 0.2) is 60.7 Å². The first-order valence-electron chi connectivity index (χ1n) is 19.0. The van der Waals surface area contributed by atoms with Gasteiger partial charge in [0.1, 0.15) is 30.0 Å². The number of rotatable bonds is 12. The fourth-order valence-corrected chi connectivity index (χ4v) is 8.70. The zero-order chi connectivity index (χ0) is 42.1. The van der Waals surface area contributed by atoms with Gasteiger partial charge in [0.2, 0.25) is 17.7 Å². The Bertz CT molecular complexity index is 2120. The summed E-state index contributed by atoms with van der Waals surface area (Å²) in [5, 5.41) is 17.9. The van der Waals surface area contributed by atoms with Crippen LogP contribution in [0.3, 0.4) is 0 Å². The molecule has 58 heavy (non-hydrogen) atoms. The number of ether oxygens (including phenoxy) is 1. The summed E-state index contributed by atoms with van der Waals surface area (Å²) in [6.07, 6.45) is 0.639. The van der Waals surface area contributed by atoms with Gasteiger partial charge in [-0.25, -0.2) is 8.78 Å². The number of alkyl halides is 2. The molecular formula is C41H47ClF2N8O5S. The van der Waals surface area contributed by atoms with Crippen LogP contribution in [0.4, 0.5) is 31.5 Å². The lowest BCUT2D eigenvalue weighted by Gasteiger charge is -2.44. The standard InChI is InChI=1S/C41H47ClF2N8O5S/c1-24-21-49(22-25(2)50(24)23-36(54)47-28-8-6-7-27(17-28)46-33-12-14-35(53)48-37(33)55)15-16-57-34-13-11-30(18-31(34)41(5,43)44)52-39(58)51(38(56)40(52,3)4)29-10-9-26(20-45)32(42)19-29/h6-11,13,17-19,24-25,33,39,46,58H,12,14-16,21-23H2,1-5H3,(H,47,54)(H,48,53,55)/t24-,25+,33?,39?. The van der Waals surface area contributed by atoms with Gasteiger partial charge in [0.05, 0.1) is 22.7 Å². The van der Waals surface area contributed by atoms with E-state index in [2.05, 4.69) is 25.8 Å². The monoisotopic (exact) mass is 836 g/mol. The highest BCUT2D eigenvalue weighted by Crippen LogP contribution is 2.44. The van der Waals surface area contributed by atoms with Crippen LogP contribution in [0.5, 0.6) is 5.75 Å². The normalized spacial score (nSPS) is 22.7. The van der Waals surface area contributed by atoms with Crippen LogP contribution in [-0.2, 0) is 25.1 Å². The Labute approximate surface area is 347 Å². The molecule has 0 radical (unpaired) electrons. The van der Waals surface area contributed by atoms with Gasteiger partial charge >= 0.3 is 0 Å². The molecule has 4 atom stereocenters. The van der Waals surface area contributed by atoms with Crippen molar-refractivity contribution in [1.29, 1.82) is 5.26 Å². The van der Waals surface area contributed by atoms with Gasteiger partial charge in [-0.2, -0.15) is 5.26 Å². The van der Waals surface area contributed by atoms with E-state index in [-0.39, 0.29) is 77.2 Å². The third kappa shape index (κ3) is 9.18. The predicted molar refractivity (Wildman–Crippen MR) is 221 cm³/mol. The Morgan fingerprint density at radius 1 is 1.05 bits per heavy atom. The smallest absolute Gasteiger partial charge is 0.274 e. The minimum absolute atomic E-state index is 0.00502. The number of piperazine rings is 1. The third-order valence-electron chi connectivity index (χ3n) is 10.8. The maximum atomic E-state index is 15.2. The number of thiol groups is 1. The molecule has 3 heterocycles. The molecule has 6 rings (SSSR count). The first kappa shape index (κ1) is 42.7. The molecule has 3 saturated heterocycles. The quantitative estimate of drug-likeness (QED) is 0.130. The van der Waals surface area contributed by atoms with E-state index in [1.165, 1.54) is 29.2 Å². The van der Waals surface area contributed by atoms with Gasteiger partial charge in [-0.05, 0) is 88.7 Å². The average molecular weight is 837 g/mol. The van der Waals surface area contributed by atoms with E-state index in [0.29, 0.717) is 48.8 Å². The number of carbonyl (C=O) groups is 4. The Hall–Kier alpha value is -4.95. The number of imide groups is 1. The minimum atomic E-state index is -3.27. The summed E-state index contributed by atoms with van der Waals surface area (Å²) in [6, 6.07) is 17.6. The molecule has 0 aliphatic carbocycles. The minimum Gasteiger partial charge on any atom is -0.492 e. The number of piperidine rings is 1. The number of benzene rings is 3. The molecule has 0 aromatic heterocycles. The van der Waals surface area contributed by atoms with Gasteiger partial charge in [-0.3, -0.25) is 39.2 Å². The SMILES string of the molecule is C[C@@H]1CN(CCOc2ccc(N3C(S)N(c4ccc(C#N)c(Cl)c4)C(=O)C3(C)C)cc2C(C)(F)F)C[C@H](C)N1CC(=O)Nc1cccc(NC2CCC(=O)NC2=O)c1. The third-order valence-corrected chi connectivity index (χ3v) is 11.5. The van der Waals surface area contributed by atoms with Crippen LogP contribution in [0.25, 0.3) is 0 Å². The van der Waals surface area contributed by atoms with E-state index in [1.807, 2.05) is 19.9 Å².